The average molecular weight is 925 g/mol. The van der Waals surface area contributed by atoms with Gasteiger partial charge in [-0.1, -0.05) is 84.9 Å². The molecule has 15 aromatic rings. The van der Waals surface area contributed by atoms with Crippen molar-refractivity contribution in [3.8, 4) is 45.0 Å². The van der Waals surface area contributed by atoms with Crippen molar-refractivity contribution >= 4 is 87.2 Å². The van der Waals surface area contributed by atoms with Crippen LogP contribution in [0.5, 0.6) is 0 Å². The van der Waals surface area contributed by atoms with E-state index in [1.165, 1.54) is 0 Å². The number of benzene rings is 5. The van der Waals surface area contributed by atoms with E-state index in [0.29, 0.717) is 0 Å². The zero-order valence-corrected chi connectivity index (χ0v) is 39.1. The van der Waals surface area contributed by atoms with Crippen LogP contribution in [0.15, 0.2) is 208 Å². The smallest absolute Gasteiger partial charge is 0.0961 e. The summed E-state index contributed by atoms with van der Waals surface area (Å²) < 4.78 is 9.93. The molecule has 338 valence electrons. The van der Waals surface area contributed by atoms with Crippen LogP contribution in [0.3, 0.4) is 0 Å². The van der Waals surface area contributed by atoms with E-state index in [2.05, 4.69) is 172 Å². The van der Waals surface area contributed by atoms with Crippen LogP contribution in [0.1, 0.15) is 11.4 Å². The monoisotopic (exact) mass is 924 g/mol. The standard InChI is InChI=1S/C62H40N10/c1-37-21-22-40(38(2)68-37)58-59(69-49-17-7-3-13-41(49)45-33-64-28-23-53(45)69)57(39-12-11-27-63-32-39)60(70-50-18-8-4-14-42(50)46-34-65-29-24-54(46)70)62(72-52-20-10-6-16-44(52)48-36-67-31-26-56(48)72)61(58)71-51-19-9-5-15-43(51)47-35-66-30-25-55(47)71/h3-36H,1-2H3. The topological polar surface area (TPSA) is 97.1 Å². The number of para-hydroxylation sites is 4. The maximum Gasteiger partial charge on any atom is 0.0961 e. The Balaban J connectivity index is 1.36. The van der Waals surface area contributed by atoms with Crippen molar-refractivity contribution < 1.29 is 0 Å². The molecule has 10 nitrogen and oxygen atoms in total. The van der Waals surface area contributed by atoms with E-state index in [4.69, 9.17) is 29.9 Å². The van der Waals surface area contributed by atoms with Crippen LogP contribution in [0.2, 0.25) is 0 Å². The summed E-state index contributed by atoms with van der Waals surface area (Å²) in [5.74, 6) is 0. The Morgan fingerprint density at radius 1 is 0.292 bits per heavy atom. The Kier molecular flexibility index (Phi) is 8.55. The predicted octanol–water partition coefficient (Wildman–Crippen LogP) is 14.4. The highest BCUT2D eigenvalue weighted by Gasteiger charge is 2.36. The van der Waals surface area contributed by atoms with Gasteiger partial charge in [0.25, 0.3) is 0 Å². The molecule has 0 spiro atoms. The third-order valence-corrected chi connectivity index (χ3v) is 14.6. The van der Waals surface area contributed by atoms with Crippen LogP contribution in [0.4, 0.5) is 0 Å². The first-order valence-electron chi connectivity index (χ1n) is 24.1. The first-order valence-corrected chi connectivity index (χ1v) is 24.1. The van der Waals surface area contributed by atoms with Gasteiger partial charge in [-0.25, -0.2) is 0 Å². The molecule has 0 amide bonds. The summed E-state index contributed by atoms with van der Waals surface area (Å²) in [5.41, 5.74) is 17.7. The van der Waals surface area contributed by atoms with Gasteiger partial charge < -0.3 is 18.3 Å². The highest BCUT2D eigenvalue weighted by molar-refractivity contribution is 6.18. The van der Waals surface area contributed by atoms with Gasteiger partial charge in [-0.05, 0) is 74.5 Å². The summed E-state index contributed by atoms with van der Waals surface area (Å²) in [5, 5.41) is 8.53. The summed E-state index contributed by atoms with van der Waals surface area (Å²) in [7, 11) is 0. The van der Waals surface area contributed by atoms with Crippen LogP contribution < -0.4 is 0 Å². The van der Waals surface area contributed by atoms with Crippen molar-refractivity contribution in [3.05, 3.63) is 219 Å². The van der Waals surface area contributed by atoms with Gasteiger partial charge in [-0.2, -0.15) is 0 Å². The number of aromatic nitrogens is 10. The summed E-state index contributed by atoms with van der Waals surface area (Å²) >= 11 is 0. The minimum absolute atomic E-state index is 0.896. The van der Waals surface area contributed by atoms with Gasteiger partial charge in [0.15, 0.2) is 0 Å². The average Bonchev–Trinajstić information content (AvgIpc) is 4.16. The van der Waals surface area contributed by atoms with Crippen LogP contribution in [0.25, 0.3) is 132 Å². The van der Waals surface area contributed by atoms with E-state index in [0.717, 1.165) is 144 Å². The van der Waals surface area contributed by atoms with Gasteiger partial charge in [0.1, 0.15) is 0 Å². The highest BCUT2D eigenvalue weighted by atomic mass is 15.1. The molecule has 0 aliphatic rings. The van der Waals surface area contributed by atoms with Gasteiger partial charge in [-0.3, -0.25) is 29.9 Å². The van der Waals surface area contributed by atoms with Gasteiger partial charge in [0, 0.05) is 139 Å². The van der Waals surface area contributed by atoms with Crippen LogP contribution in [-0.4, -0.2) is 48.2 Å². The molecule has 5 aromatic carbocycles. The first kappa shape index (κ1) is 40.1. The van der Waals surface area contributed by atoms with Crippen molar-refractivity contribution in [1.82, 2.24) is 48.2 Å². The molecule has 0 aliphatic carbocycles. The lowest BCUT2D eigenvalue weighted by Gasteiger charge is -2.31. The van der Waals surface area contributed by atoms with Crippen molar-refractivity contribution in [2.75, 3.05) is 0 Å². The SMILES string of the molecule is Cc1ccc(-c2c(-n3c4ccccc4c4cnccc43)c(-c3cccnc3)c(-n3c4ccccc4c4cnccc43)c(-n3c4ccccc4c4cnccc43)c2-n2c3ccccc3c3cnccc32)c(C)n1. The molecule has 0 saturated heterocycles. The lowest BCUT2D eigenvalue weighted by atomic mass is 9.89. The molecule has 0 N–H and O–H groups in total. The highest BCUT2D eigenvalue weighted by Crippen LogP contribution is 2.54. The van der Waals surface area contributed by atoms with Crippen LogP contribution in [0, 0.1) is 13.8 Å². The van der Waals surface area contributed by atoms with Crippen molar-refractivity contribution in [2.24, 2.45) is 0 Å². The predicted molar refractivity (Wildman–Crippen MR) is 291 cm³/mol. The largest absolute Gasteiger partial charge is 0.308 e. The Bertz CT molecular complexity index is 4510. The maximum absolute atomic E-state index is 5.31. The number of pyridine rings is 6. The molecule has 0 unspecified atom stereocenters. The number of nitrogens with zero attached hydrogens (tertiary/aromatic N) is 10. The third kappa shape index (κ3) is 5.54. The number of hydrogen-bond acceptors (Lipinski definition) is 6. The molecule has 0 bridgehead atoms. The lowest BCUT2D eigenvalue weighted by molar-refractivity contribution is 1.03. The third-order valence-electron chi connectivity index (χ3n) is 14.6. The second-order valence-corrected chi connectivity index (χ2v) is 18.5. The van der Waals surface area contributed by atoms with E-state index in [-0.39, 0.29) is 0 Å². The van der Waals surface area contributed by atoms with Gasteiger partial charge in [0.05, 0.1) is 66.9 Å². The molecule has 0 fully saturated rings. The molecule has 10 heteroatoms. The van der Waals surface area contributed by atoms with Gasteiger partial charge in [0.2, 0.25) is 0 Å². The first-order chi connectivity index (χ1) is 35.6. The Morgan fingerprint density at radius 3 is 1.08 bits per heavy atom. The number of hydrogen-bond donors (Lipinski definition) is 0. The Morgan fingerprint density at radius 2 is 0.667 bits per heavy atom. The molecule has 0 aliphatic heterocycles. The molecule has 0 atom stereocenters. The Labute approximate surface area is 411 Å². The van der Waals surface area contributed by atoms with Crippen molar-refractivity contribution in [1.29, 1.82) is 0 Å². The van der Waals surface area contributed by atoms with Crippen molar-refractivity contribution in [2.45, 2.75) is 13.8 Å². The van der Waals surface area contributed by atoms with Crippen molar-refractivity contribution in [3.63, 3.8) is 0 Å². The quantitative estimate of drug-likeness (QED) is 0.165. The zero-order chi connectivity index (χ0) is 47.6. The lowest BCUT2D eigenvalue weighted by Crippen LogP contribution is -2.16. The molecular formula is C62H40N10. The molecule has 72 heavy (non-hydrogen) atoms. The van der Waals surface area contributed by atoms with E-state index in [1.807, 2.05) is 68.0 Å². The van der Waals surface area contributed by atoms with E-state index in [9.17, 15) is 0 Å². The summed E-state index contributed by atoms with van der Waals surface area (Å²) in [4.78, 5) is 29.3. The van der Waals surface area contributed by atoms with E-state index >= 15 is 0 Å². The number of rotatable bonds is 6. The maximum atomic E-state index is 5.31. The molecule has 15 rings (SSSR count). The van der Waals surface area contributed by atoms with Crippen LogP contribution >= 0.6 is 0 Å². The summed E-state index contributed by atoms with van der Waals surface area (Å²) in [6.07, 6.45) is 19.5. The molecule has 0 radical (unpaired) electrons. The van der Waals surface area contributed by atoms with Gasteiger partial charge >= 0.3 is 0 Å². The second kappa shape index (κ2) is 15.4. The molecule has 10 heterocycles. The fourth-order valence-electron chi connectivity index (χ4n) is 11.8. The minimum Gasteiger partial charge on any atom is -0.308 e. The summed E-state index contributed by atoms with van der Waals surface area (Å²) in [6.45, 7) is 4.21. The number of fused-ring (bicyclic) bond motifs is 12. The Hall–Kier alpha value is -9.80. The summed E-state index contributed by atoms with van der Waals surface area (Å²) in [6, 6.07) is 52.1. The fraction of sp³-hybridized carbons (Fsp3) is 0.0323. The second-order valence-electron chi connectivity index (χ2n) is 18.5. The normalized spacial score (nSPS) is 12.0. The van der Waals surface area contributed by atoms with E-state index < -0.39 is 0 Å². The van der Waals surface area contributed by atoms with Crippen LogP contribution in [-0.2, 0) is 0 Å². The number of aryl methyl sites for hydroxylation is 2. The minimum atomic E-state index is 0.896. The fourth-order valence-corrected chi connectivity index (χ4v) is 11.8. The molecule has 0 saturated carbocycles. The van der Waals surface area contributed by atoms with Gasteiger partial charge in [-0.15, -0.1) is 0 Å². The molecule has 10 aromatic heterocycles. The zero-order valence-electron chi connectivity index (χ0n) is 39.1. The van der Waals surface area contributed by atoms with E-state index in [1.54, 1.807) is 0 Å². The molecular weight excluding hydrogens is 885 g/mol.